The zero-order chi connectivity index (χ0) is 29.3. The summed E-state index contributed by atoms with van der Waals surface area (Å²) in [7, 11) is 0. The summed E-state index contributed by atoms with van der Waals surface area (Å²) in [5.74, 6) is -1.69. The summed E-state index contributed by atoms with van der Waals surface area (Å²) in [4.78, 5) is 37.9. The third kappa shape index (κ3) is 6.74. The van der Waals surface area contributed by atoms with Crippen molar-refractivity contribution in [3.05, 3.63) is 137 Å². The van der Waals surface area contributed by atoms with Crippen LogP contribution in [0.3, 0.4) is 0 Å². The molecular weight excluding hydrogens is 532 g/mol. The molecule has 5 rings (SSSR count). The Hall–Kier alpha value is -4.79. The van der Waals surface area contributed by atoms with Crippen LogP contribution in [0.4, 0.5) is 5.69 Å². The summed E-state index contributed by atoms with van der Waals surface area (Å²) in [5, 5.41) is 17.7. The molecule has 42 heavy (non-hydrogen) atoms. The van der Waals surface area contributed by atoms with Crippen LogP contribution in [-0.4, -0.2) is 49.1 Å². The summed E-state index contributed by atoms with van der Waals surface area (Å²) in [6.45, 7) is 0.988. The van der Waals surface area contributed by atoms with Gasteiger partial charge in [0.1, 0.15) is 13.2 Å². The molecule has 0 radical (unpaired) electrons. The molecule has 0 spiro atoms. The van der Waals surface area contributed by atoms with Gasteiger partial charge in [-0.2, -0.15) is 0 Å². The average Bonchev–Trinajstić information content (AvgIpc) is 3.29. The van der Waals surface area contributed by atoms with Crippen molar-refractivity contribution < 1.29 is 29.0 Å². The van der Waals surface area contributed by atoms with E-state index in [9.17, 15) is 19.5 Å². The van der Waals surface area contributed by atoms with Gasteiger partial charge in [-0.05, 0) is 47.5 Å². The summed E-state index contributed by atoms with van der Waals surface area (Å²) in [6, 6.07) is 31.6. The fraction of sp³-hybridized carbons (Fsp3) is 0.206. The number of hydrogen-bond donors (Lipinski definition) is 3. The summed E-state index contributed by atoms with van der Waals surface area (Å²) < 4.78 is 10.7. The number of esters is 2. The van der Waals surface area contributed by atoms with Crippen molar-refractivity contribution >= 4 is 23.4 Å². The van der Waals surface area contributed by atoms with Gasteiger partial charge < -0.3 is 25.2 Å². The topological polar surface area (TPSA) is 114 Å². The number of aliphatic hydroxyl groups excluding tert-OH is 1. The molecule has 0 bridgehead atoms. The molecule has 3 unspecified atom stereocenters. The number of nitrogens with one attached hydrogen (secondary N) is 2. The van der Waals surface area contributed by atoms with Gasteiger partial charge in [0, 0.05) is 30.4 Å². The lowest BCUT2D eigenvalue weighted by atomic mass is 9.88. The van der Waals surface area contributed by atoms with Crippen molar-refractivity contribution in [2.75, 3.05) is 31.6 Å². The van der Waals surface area contributed by atoms with Crippen LogP contribution in [0.1, 0.15) is 54.3 Å². The van der Waals surface area contributed by atoms with Gasteiger partial charge in [0.15, 0.2) is 5.78 Å². The second kappa shape index (κ2) is 13.7. The maximum atomic E-state index is 13.4. The molecule has 0 amide bonds. The van der Waals surface area contributed by atoms with Crippen molar-refractivity contribution in [2.45, 2.75) is 12.1 Å². The number of ketones is 1. The summed E-state index contributed by atoms with van der Waals surface area (Å²) in [6.07, 6.45) is -0.977. The largest absolute Gasteiger partial charge is 0.461 e. The quantitative estimate of drug-likeness (QED) is 0.163. The highest BCUT2D eigenvalue weighted by Gasteiger charge is 2.43. The van der Waals surface area contributed by atoms with Gasteiger partial charge in [0.05, 0.1) is 23.1 Å². The fourth-order valence-electron chi connectivity index (χ4n) is 5.10. The van der Waals surface area contributed by atoms with E-state index in [1.807, 2.05) is 36.4 Å². The van der Waals surface area contributed by atoms with Gasteiger partial charge in [-0.15, -0.1) is 0 Å². The van der Waals surface area contributed by atoms with Crippen LogP contribution in [0.5, 0.6) is 0 Å². The van der Waals surface area contributed by atoms with Crippen LogP contribution in [0.25, 0.3) is 0 Å². The lowest BCUT2D eigenvalue weighted by Crippen LogP contribution is -2.35. The second-order valence-electron chi connectivity index (χ2n) is 9.91. The number of aliphatic hydroxyl groups is 1. The van der Waals surface area contributed by atoms with E-state index in [0.717, 1.165) is 11.3 Å². The maximum Gasteiger partial charge on any atom is 0.338 e. The first kappa shape index (κ1) is 28.7. The van der Waals surface area contributed by atoms with E-state index in [1.54, 1.807) is 72.8 Å². The number of benzene rings is 4. The molecule has 0 saturated heterocycles. The van der Waals surface area contributed by atoms with E-state index >= 15 is 0 Å². The van der Waals surface area contributed by atoms with Gasteiger partial charge in [0.25, 0.3) is 0 Å². The van der Waals surface area contributed by atoms with Gasteiger partial charge in [-0.3, -0.25) is 4.79 Å². The normalized spacial score (nSPS) is 16.4. The monoisotopic (exact) mass is 564 g/mol. The molecule has 3 N–H and O–H groups in total. The van der Waals surface area contributed by atoms with Crippen molar-refractivity contribution in [1.29, 1.82) is 0 Å². The first-order chi connectivity index (χ1) is 20.5. The molecule has 214 valence electrons. The molecule has 8 nitrogen and oxygen atoms in total. The number of anilines is 1. The number of ether oxygens (including phenoxy) is 2. The molecule has 0 fully saturated rings. The predicted octanol–water partition coefficient (Wildman–Crippen LogP) is 4.99. The highest BCUT2D eigenvalue weighted by atomic mass is 16.5. The Labute approximate surface area is 244 Å². The predicted molar refractivity (Wildman–Crippen MR) is 158 cm³/mol. The molecule has 0 aliphatic heterocycles. The van der Waals surface area contributed by atoms with Crippen molar-refractivity contribution in [3.63, 3.8) is 0 Å². The Morgan fingerprint density at radius 2 is 1.26 bits per heavy atom. The Balaban J connectivity index is 1.22. The minimum atomic E-state index is -0.977. The highest BCUT2D eigenvalue weighted by Crippen LogP contribution is 2.42. The Kier molecular flexibility index (Phi) is 9.38. The van der Waals surface area contributed by atoms with E-state index in [0.29, 0.717) is 28.8 Å². The van der Waals surface area contributed by atoms with Crippen LogP contribution in [-0.2, 0) is 9.47 Å². The Bertz CT molecular complexity index is 1510. The molecule has 1 aliphatic rings. The number of hydrogen-bond acceptors (Lipinski definition) is 8. The van der Waals surface area contributed by atoms with Crippen molar-refractivity contribution in [3.8, 4) is 0 Å². The Morgan fingerprint density at radius 3 is 1.86 bits per heavy atom. The van der Waals surface area contributed by atoms with Gasteiger partial charge in [-0.1, -0.05) is 72.8 Å². The molecule has 3 atom stereocenters. The number of carbonyl (C=O) groups is 3. The molecule has 0 saturated carbocycles. The van der Waals surface area contributed by atoms with Crippen LogP contribution in [0.2, 0.25) is 0 Å². The van der Waals surface area contributed by atoms with Crippen molar-refractivity contribution in [2.24, 2.45) is 5.92 Å². The third-order valence-corrected chi connectivity index (χ3v) is 7.20. The van der Waals surface area contributed by atoms with Crippen LogP contribution in [0, 0.1) is 5.92 Å². The zero-order valence-electron chi connectivity index (χ0n) is 22.9. The van der Waals surface area contributed by atoms with Crippen LogP contribution < -0.4 is 10.6 Å². The third-order valence-electron chi connectivity index (χ3n) is 7.20. The fourth-order valence-corrected chi connectivity index (χ4v) is 5.10. The van der Waals surface area contributed by atoms with Gasteiger partial charge in [-0.25, -0.2) is 9.59 Å². The minimum Gasteiger partial charge on any atom is -0.461 e. The Morgan fingerprint density at radius 1 is 0.714 bits per heavy atom. The van der Waals surface area contributed by atoms with Gasteiger partial charge >= 0.3 is 11.9 Å². The molecule has 0 aromatic heterocycles. The standard InChI is InChI=1S/C34H32N2O6/c37-31-27-13-7-8-14-28(27)32(38)29(31)30(36-20-22-42-34(40)25-11-5-2-6-12-25)23-15-17-26(18-16-23)35-19-21-41-33(39)24-9-3-1-4-10-24/h1-18,29-31,35-37H,19-22H2. The molecule has 1 aliphatic carbocycles. The lowest BCUT2D eigenvalue weighted by Gasteiger charge is -2.27. The van der Waals surface area contributed by atoms with Crippen molar-refractivity contribution in [1.82, 2.24) is 5.32 Å². The first-order valence-corrected chi connectivity index (χ1v) is 13.9. The number of carbonyl (C=O) groups excluding carboxylic acids is 3. The summed E-state index contributed by atoms with van der Waals surface area (Å²) in [5.41, 5.74) is 3.70. The van der Waals surface area contributed by atoms with Crippen LogP contribution in [0.15, 0.2) is 109 Å². The first-order valence-electron chi connectivity index (χ1n) is 13.9. The highest BCUT2D eigenvalue weighted by molar-refractivity contribution is 6.03. The minimum absolute atomic E-state index is 0.0928. The van der Waals surface area contributed by atoms with Crippen LogP contribution >= 0.6 is 0 Å². The smallest absolute Gasteiger partial charge is 0.338 e. The molecule has 4 aromatic rings. The zero-order valence-corrected chi connectivity index (χ0v) is 22.9. The van der Waals surface area contributed by atoms with E-state index in [2.05, 4.69) is 10.6 Å². The summed E-state index contributed by atoms with van der Waals surface area (Å²) >= 11 is 0. The van der Waals surface area contributed by atoms with E-state index in [4.69, 9.17) is 9.47 Å². The molecule has 0 heterocycles. The molecular formula is C34H32N2O6. The van der Waals surface area contributed by atoms with Gasteiger partial charge in [0.2, 0.25) is 0 Å². The number of fused-ring (bicyclic) bond motifs is 1. The van der Waals surface area contributed by atoms with E-state index in [-0.39, 0.29) is 31.5 Å². The molecule has 8 heteroatoms. The molecule has 4 aromatic carbocycles. The lowest BCUT2D eigenvalue weighted by molar-refractivity contribution is 0.0480. The second-order valence-corrected chi connectivity index (χ2v) is 9.91. The maximum absolute atomic E-state index is 13.4. The SMILES string of the molecule is O=C(OCCNc1ccc(C(NCCOC(=O)c2ccccc2)C2C(=O)c3ccccc3C2O)cc1)c1ccccc1. The number of Topliss-reactive ketones (excluding diaryl/α,β-unsaturated/α-hetero) is 1. The van der Waals surface area contributed by atoms with E-state index < -0.39 is 24.0 Å². The van der Waals surface area contributed by atoms with E-state index in [1.165, 1.54) is 0 Å². The number of rotatable bonds is 12. The average molecular weight is 565 g/mol.